The van der Waals surface area contributed by atoms with Crippen molar-refractivity contribution >= 4 is 0 Å². The van der Waals surface area contributed by atoms with E-state index in [4.69, 9.17) is 9.47 Å². The molecule has 0 bridgehead atoms. The second kappa shape index (κ2) is 7.93. The first-order valence-corrected chi connectivity index (χ1v) is 6.26. The minimum Gasteiger partial charge on any atom is -0.493 e. The van der Waals surface area contributed by atoms with Crippen molar-refractivity contribution in [2.75, 3.05) is 20.4 Å². The van der Waals surface area contributed by atoms with Crippen LogP contribution in [-0.2, 0) is 6.54 Å². The van der Waals surface area contributed by atoms with Gasteiger partial charge in [-0.1, -0.05) is 19.9 Å². The van der Waals surface area contributed by atoms with E-state index in [-0.39, 0.29) is 6.67 Å². The van der Waals surface area contributed by atoms with Gasteiger partial charge in [0.25, 0.3) is 0 Å². The molecule has 3 nitrogen and oxygen atoms in total. The summed E-state index contributed by atoms with van der Waals surface area (Å²) in [6, 6.07) is 6.24. The Hall–Kier alpha value is -1.29. The van der Waals surface area contributed by atoms with Gasteiger partial charge in [-0.2, -0.15) is 0 Å². The maximum absolute atomic E-state index is 12.0. The van der Waals surface area contributed by atoms with Crippen LogP contribution < -0.4 is 14.8 Å². The Balaban J connectivity index is 2.68. The molecule has 1 rings (SSSR count). The quantitative estimate of drug-likeness (QED) is 0.724. The molecule has 1 aromatic carbocycles. The minimum absolute atomic E-state index is 0.364. The fourth-order valence-electron chi connectivity index (χ4n) is 1.50. The molecule has 0 amide bonds. The van der Waals surface area contributed by atoms with Crippen LogP contribution in [0, 0.1) is 0 Å². The molecule has 0 radical (unpaired) electrons. The molecule has 0 aromatic heterocycles. The number of alkyl halides is 1. The second-order valence-electron chi connectivity index (χ2n) is 4.41. The van der Waals surface area contributed by atoms with E-state index < -0.39 is 0 Å². The predicted molar refractivity (Wildman–Crippen MR) is 71.1 cm³/mol. The monoisotopic (exact) mass is 255 g/mol. The summed E-state index contributed by atoms with van der Waals surface area (Å²) in [5.41, 5.74) is 1.12. The molecular weight excluding hydrogens is 233 g/mol. The molecule has 1 aromatic rings. The highest BCUT2D eigenvalue weighted by Crippen LogP contribution is 2.28. The largest absolute Gasteiger partial charge is 0.493 e. The first-order valence-electron chi connectivity index (χ1n) is 6.26. The molecule has 0 saturated carbocycles. The fraction of sp³-hybridized carbons (Fsp3) is 0.571. The zero-order chi connectivity index (χ0) is 13.4. The second-order valence-corrected chi connectivity index (χ2v) is 4.41. The van der Waals surface area contributed by atoms with Crippen LogP contribution in [-0.4, -0.2) is 26.4 Å². The number of benzene rings is 1. The van der Waals surface area contributed by atoms with E-state index in [1.54, 1.807) is 7.11 Å². The molecule has 1 N–H and O–H groups in total. The van der Waals surface area contributed by atoms with Crippen LogP contribution in [0.5, 0.6) is 11.5 Å². The average Bonchev–Trinajstić information content (AvgIpc) is 2.37. The van der Waals surface area contributed by atoms with Gasteiger partial charge >= 0.3 is 0 Å². The van der Waals surface area contributed by atoms with E-state index in [1.807, 2.05) is 18.2 Å². The number of rotatable bonds is 8. The van der Waals surface area contributed by atoms with Crippen molar-refractivity contribution in [2.24, 2.45) is 0 Å². The molecule has 18 heavy (non-hydrogen) atoms. The van der Waals surface area contributed by atoms with Gasteiger partial charge in [-0.25, -0.2) is 0 Å². The van der Waals surface area contributed by atoms with Crippen molar-refractivity contribution in [3.8, 4) is 11.5 Å². The van der Waals surface area contributed by atoms with E-state index in [0.717, 1.165) is 12.1 Å². The van der Waals surface area contributed by atoms with Gasteiger partial charge in [-0.15, -0.1) is 0 Å². The van der Waals surface area contributed by atoms with Gasteiger partial charge in [-0.05, 0) is 17.7 Å². The van der Waals surface area contributed by atoms with Crippen LogP contribution >= 0.6 is 0 Å². The van der Waals surface area contributed by atoms with Crippen molar-refractivity contribution < 1.29 is 13.9 Å². The maximum atomic E-state index is 12.0. The molecule has 102 valence electrons. The maximum Gasteiger partial charge on any atom is 0.161 e. The van der Waals surface area contributed by atoms with Crippen LogP contribution in [0.15, 0.2) is 18.2 Å². The number of hydrogen-bond donors (Lipinski definition) is 1. The molecule has 0 saturated heterocycles. The summed E-state index contributed by atoms with van der Waals surface area (Å²) in [6.45, 7) is 4.98. The molecule has 0 spiro atoms. The number of ether oxygens (including phenoxy) is 2. The van der Waals surface area contributed by atoms with Crippen molar-refractivity contribution in [3.05, 3.63) is 23.8 Å². The first-order chi connectivity index (χ1) is 8.67. The highest BCUT2D eigenvalue weighted by Gasteiger charge is 2.06. The lowest BCUT2D eigenvalue weighted by molar-refractivity contribution is 0.273. The van der Waals surface area contributed by atoms with Gasteiger partial charge in [0, 0.05) is 19.0 Å². The van der Waals surface area contributed by atoms with Gasteiger partial charge in [0.2, 0.25) is 0 Å². The van der Waals surface area contributed by atoms with Gasteiger partial charge in [0.15, 0.2) is 11.5 Å². The zero-order valence-corrected chi connectivity index (χ0v) is 11.3. The van der Waals surface area contributed by atoms with E-state index in [0.29, 0.717) is 30.6 Å². The van der Waals surface area contributed by atoms with Crippen LogP contribution in [0.4, 0.5) is 4.39 Å². The lowest BCUT2D eigenvalue weighted by Gasteiger charge is -2.13. The van der Waals surface area contributed by atoms with Gasteiger partial charge in [-0.3, -0.25) is 4.39 Å². The lowest BCUT2D eigenvalue weighted by atomic mass is 10.2. The van der Waals surface area contributed by atoms with E-state index in [1.165, 1.54) is 0 Å². The number of hydrogen-bond acceptors (Lipinski definition) is 3. The zero-order valence-electron chi connectivity index (χ0n) is 11.3. The Morgan fingerprint density at radius 3 is 2.67 bits per heavy atom. The molecule has 0 aliphatic heterocycles. The highest BCUT2D eigenvalue weighted by atomic mass is 19.1. The van der Waals surface area contributed by atoms with E-state index in [9.17, 15) is 4.39 Å². The van der Waals surface area contributed by atoms with Crippen molar-refractivity contribution in [2.45, 2.75) is 32.9 Å². The number of methoxy groups -OCH3 is 1. The topological polar surface area (TPSA) is 30.5 Å². The van der Waals surface area contributed by atoms with Gasteiger partial charge < -0.3 is 14.8 Å². The third-order valence-corrected chi connectivity index (χ3v) is 2.48. The average molecular weight is 255 g/mol. The van der Waals surface area contributed by atoms with Gasteiger partial charge in [0.05, 0.1) is 20.4 Å². The lowest BCUT2D eigenvalue weighted by Crippen LogP contribution is -2.21. The first kappa shape index (κ1) is 14.8. The summed E-state index contributed by atoms with van der Waals surface area (Å²) in [7, 11) is 1.60. The Labute approximate surface area is 108 Å². The molecule has 0 atom stereocenters. The third-order valence-electron chi connectivity index (χ3n) is 2.48. The Kier molecular flexibility index (Phi) is 6.50. The molecule has 4 heteroatoms. The fourth-order valence-corrected chi connectivity index (χ4v) is 1.50. The van der Waals surface area contributed by atoms with Crippen LogP contribution in [0.3, 0.4) is 0 Å². The summed E-state index contributed by atoms with van der Waals surface area (Å²) in [5, 5.41) is 3.34. The molecule has 0 fully saturated rings. The van der Waals surface area contributed by atoms with Crippen molar-refractivity contribution in [1.82, 2.24) is 5.32 Å². The molecule has 0 heterocycles. The Morgan fingerprint density at radius 2 is 2.06 bits per heavy atom. The third kappa shape index (κ3) is 4.92. The van der Waals surface area contributed by atoms with Gasteiger partial charge in [0.1, 0.15) is 0 Å². The highest BCUT2D eigenvalue weighted by molar-refractivity contribution is 5.42. The van der Waals surface area contributed by atoms with Crippen LogP contribution in [0.2, 0.25) is 0 Å². The number of halogens is 1. The molecular formula is C14H22FNO2. The predicted octanol–water partition coefficient (Wildman–Crippen LogP) is 2.93. The summed E-state index contributed by atoms with van der Waals surface area (Å²) in [5.74, 6) is 1.36. The van der Waals surface area contributed by atoms with E-state index in [2.05, 4.69) is 19.2 Å². The smallest absolute Gasteiger partial charge is 0.161 e. The minimum atomic E-state index is -0.364. The standard InChI is InChI=1S/C14H22FNO2/c1-11(2)16-10-12-5-6-13(17-3)14(9-12)18-8-4-7-15/h5-6,9,11,16H,4,7-8,10H2,1-3H3. The Bertz CT molecular complexity index is 356. The normalized spacial score (nSPS) is 10.7. The summed E-state index contributed by atoms with van der Waals surface area (Å²) in [4.78, 5) is 0. The van der Waals surface area contributed by atoms with Crippen molar-refractivity contribution in [1.29, 1.82) is 0 Å². The summed E-state index contributed by atoms with van der Waals surface area (Å²) in [6.07, 6.45) is 0.400. The molecule has 0 unspecified atom stereocenters. The Morgan fingerprint density at radius 1 is 1.28 bits per heavy atom. The summed E-state index contributed by atoms with van der Waals surface area (Å²) >= 11 is 0. The summed E-state index contributed by atoms with van der Waals surface area (Å²) < 4.78 is 22.8. The molecule has 0 aliphatic carbocycles. The van der Waals surface area contributed by atoms with Crippen LogP contribution in [0.1, 0.15) is 25.8 Å². The number of nitrogens with one attached hydrogen (secondary N) is 1. The van der Waals surface area contributed by atoms with Crippen molar-refractivity contribution in [3.63, 3.8) is 0 Å². The van der Waals surface area contributed by atoms with Crippen LogP contribution in [0.25, 0.3) is 0 Å². The molecule has 0 aliphatic rings. The SMILES string of the molecule is COc1ccc(CNC(C)C)cc1OCCCF. The van der Waals surface area contributed by atoms with E-state index >= 15 is 0 Å².